The number of anilines is 2. The molecule has 2 heterocycles. The van der Waals surface area contributed by atoms with Crippen molar-refractivity contribution in [2.75, 3.05) is 36.5 Å². The number of carbonyl (C=O) groups excluding carboxylic acids is 1. The Hall–Kier alpha value is -3.29. The maximum atomic E-state index is 13.3. The number of fused-ring (bicyclic) bond motifs is 3. The van der Waals surface area contributed by atoms with Crippen LogP contribution in [0.15, 0.2) is 42.5 Å². The molecule has 0 radical (unpaired) electrons. The minimum absolute atomic E-state index is 0.0103. The predicted molar refractivity (Wildman–Crippen MR) is 125 cm³/mol. The fourth-order valence-corrected chi connectivity index (χ4v) is 4.70. The molecule has 0 aliphatic carbocycles. The molecule has 2 aliphatic heterocycles. The van der Waals surface area contributed by atoms with Gasteiger partial charge in [0.15, 0.2) is 0 Å². The first kappa shape index (κ1) is 21.9. The summed E-state index contributed by atoms with van der Waals surface area (Å²) < 4.78 is 5.28. The second-order valence-corrected chi connectivity index (χ2v) is 8.60. The molecule has 0 bridgehead atoms. The van der Waals surface area contributed by atoms with Crippen LogP contribution in [0.3, 0.4) is 0 Å². The molecule has 0 saturated carbocycles. The van der Waals surface area contributed by atoms with E-state index in [1.807, 2.05) is 44.2 Å². The Balaban J connectivity index is 1.65. The number of piperazine rings is 1. The van der Waals surface area contributed by atoms with Crippen LogP contribution in [0, 0.1) is 16.0 Å². The van der Waals surface area contributed by atoms with E-state index in [1.165, 1.54) is 0 Å². The first-order chi connectivity index (χ1) is 15.4. The van der Waals surface area contributed by atoms with Crippen LogP contribution >= 0.6 is 0 Å². The molecule has 170 valence electrons. The molecule has 1 saturated heterocycles. The highest BCUT2D eigenvalue weighted by Gasteiger charge is 2.42. The Kier molecular flexibility index (Phi) is 6.21. The highest BCUT2D eigenvalue weighted by atomic mass is 16.6. The fourth-order valence-electron chi connectivity index (χ4n) is 4.70. The number of amides is 1. The molecule has 0 spiro atoms. The number of hydrogen-bond acceptors (Lipinski definition) is 6. The monoisotopic (exact) mass is 438 g/mol. The number of nitrogens with one attached hydrogen (secondary N) is 1. The fraction of sp³-hybridized carbons (Fsp3) is 0.458. The van der Waals surface area contributed by atoms with Crippen LogP contribution in [0.2, 0.25) is 0 Å². The Bertz CT molecular complexity index is 994. The molecule has 8 nitrogen and oxygen atoms in total. The number of benzene rings is 2. The molecule has 0 aromatic heterocycles. The van der Waals surface area contributed by atoms with E-state index in [0.717, 1.165) is 42.2 Å². The summed E-state index contributed by atoms with van der Waals surface area (Å²) in [5, 5.41) is 14.4. The second-order valence-electron chi connectivity index (χ2n) is 8.60. The average Bonchev–Trinajstić information content (AvgIpc) is 2.82. The van der Waals surface area contributed by atoms with Crippen molar-refractivity contribution in [2.45, 2.75) is 38.8 Å². The molecule has 1 fully saturated rings. The van der Waals surface area contributed by atoms with Gasteiger partial charge in [-0.25, -0.2) is 0 Å². The molecular weight excluding hydrogens is 408 g/mol. The summed E-state index contributed by atoms with van der Waals surface area (Å²) in [6.07, 6.45) is 1.35. The van der Waals surface area contributed by atoms with Gasteiger partial charge in [-0.1, -0.05) is 6.92 Å². The zero-order valence-electron chi connectivity index (χ0n) is 18.8. The van der Waals surface area contributed by atoms with Crippen LogP contribution in [0.4, 0.5) is 17.1 Å². The molecule has 8 heteroatoms. The van der Waals surface area contributed by atoms with E-state index in [-0.39, 0.29) is 34.5 Å². The van der Waals surface area contributed by atoms with Gasteiger partial charge >= 0.3 is 0 Å². The Morgan fingerprint density at radius 1 is 1.25 bits per heavy atom. The summed E-state index contributed by atoms with van der Waals surface area (Å²) in [6.45, 7) is 6.31. The second kappa shape index (κ2) is 9.06. The van der Waals surface area contributed by atoms with E-state index >= 15 is 0 Å². The van der Waals surface area contributed by atoms with E-state index in [4.69, 9.17) is 4.74 Å². The number of nitro groups is 1. The molecule has 1 N–H and O–H groups in total. The third-order valence-corrected chi connectivity index (χ3v) is 6.68. The third kappa shape index (κ3) is 4.22. The van der Waals surface area contributed by atoms with Crippen molar-refractivity contribution in [3.63, 3.8) is 0 Å². The first-order valence-electron chi connectivity index (χ1n) is 11.1. The molecule has 3 unspecified atom stereocenters. The smallest absolute Gasteiger partial charge is 0.269 e. The molecule has 2 aliphatic rings. The summed E-state index contributed by atoms with van der Waals surface area (Å²) >= 11 is 0. The minimum Gasteiger partial charge on any atom is -0.497 e. The van der Waals surface area contributed by atoms with Crippen LogP contribution in [0.25, 0.3) is 0 Å². The average molecular weight is 439 g/mol. The van der Waals surface area contributed by atoms with Crippen LogP contribution in [0.1, 0.15) is 25.8 Å². The predicted octanol–water partition coefficient (Wildman–Crippen LogP) is 3.39. The lowest BCUT2D eigenvalue weighted by atomic mass is 9.83. The van der Waals surface area contributed by atoms with Crippen LogP contribution in [-0.4, -0.2) is 49.7 Å². The number of nitrogens with zero attached hydrogens (tertiary/aromatic N) is 3. The largest absolute Gasteiger partial charge is 0.497 e. The number of rotatable bonds is 6. The van der Waals surface area contributed by atoms with E-state index in [9.17, 15) is 14.9 Å². The van der Waals surface area contributed by atoms with Crippen molar-refractivity contribution in [1.29, 1.82) is 0 Å². The number of nitro benzene ring substituents is 1. The van der Waals surface area contributed by atoms with Crippen molar-refractivity contribution in [1.82, 2.24) is 5.32 Å². The molecule has 2 aromatic carbocycles. The summed E-state index contributed by atoms with van der Waals surface area (Å²) in [5.41, 5.74) is 3.04. The van der Waals surface area contributed by atoms with E-state index in [0.29, 0.717) is 13.0 Å². The Morgan fingerprint density at radius 2 is 2.00 bits per heavy atom. The topological polar surface area (TPSA) is 87.9 Å². The van der Waals surface area contributed by atoms with Crippen molar-refractivity contribution < 1.29 is 14.5 Å². The van der Waals surface area contributed by atoms with Gasteiger partial charge in [-0.2, -0.15) is 0 Å². The molecule has 4 rings (SSSR count). The number of non-ortho nitro benzene ring substituents is 1. The molecule has 32 heavy (non-hydrogen) atoms. The van der Waals surface area contributed by atoms with Gasteiger partial charge in [-0.3, -0.25) is 14.9 Å². The van der Waals surface area contributed by atoms with Crippen molar-refractivity contribution >= 4 is 23.0 Å². The highest BCUT2D eigenvalue weighted by Crippen LogP contribution is 2.38. The summed E-state index contributed by atoms with van der Waals surface area (Å²) in [5.74, 6) is 0.550. The van der Waals surface area contributed by atoms with Crippen LogP contribution in [0.5, 0.6) is 5.75 Å². The maximum Gasteiger partial charge on any atom is 0.269 e. The van der Waals surface area contributed by atoms with E-state index in [2.05, 4.69) is 15.1 Å². The number of carbonyl (C=O) groups is 1. The standard InChI is InChI=1S/C24H30N4O4/c1-4-16(2)25-24(29)21-14-17-13-19(28(30)31)7-10-22(17)27-12-11-26(15-23(21)27)18-5-8-20(32-3)9-6-18/h5-10,13,16,21,23H,4,11-12,14-15H2,1-3H3,(H,25,29). The van der Waals surface area contributed by atoms with E-state index < -0.39 is 0 Å². The molecule has 1 amide bonds. The number of hydrogen-bond donors (Lipinski definition) is 1. The molecule has 2 aromatic rings. The lowest BCUT2D eigenvalue weighted by Crippen LogP contribution is -2.61. The normalized spacial score (nSPS) is 20.7. The molecular formula is C24H30N4O4. The lowest BCUT2D eigenvalue weighted by molar-refractivity contribution is -0.384. The summed E-state index contributed by atoms with van der Waals surface area (Å²) in [6, 6.07) is 13.1. The van der Waals surface area contributed by atoms with Gasteiger partial charge in [-0.15, -0.1) is 0 Å². The van der Waals surface area contributed by atoms with Crippen LogP contribution in [-0.2, 0) is 11.2 Å². The van der Waals surface area contributed by atoms with Gasteiger partial charge < -0.3 is 19.9 Å². The van der Waals surface area contributed by atoms with Crippen molar-refractivity contribution in [3.05, 3.63) is 58.1 Å². The third-order valence-electron chi connectivity index (χ3n) is 6.68. The zero-order valence-corrected chi connectivity index (χ0v) is 18.8. The van der Waals surface area contributed by atoms with Gasteiger partial charge in [0.25, 0.3) is 5.69 Å². The summed E-state index contributed by atoms with van der Waals surface area (Å²) in [4.78, 5) is 28.8. The van der Waals surface area contributed by atoms with Crippen LogP contribution < -0.4 is 19.9 Å². The zero-order chi connectivity index (χ0) is 22.8. The van der Waals surface area contributed by atoms with Gasteiger partial charge in [0, 0.05) is 49.2 Å². The first-order valence-corrected chi connectivity index (χ1v) is 11.1. The molecule has 3 atom stereocenters. The Morgan fingerprint density at radius 3 is 2.66 bits per heavy atom. The quantitative estimate of drug-likeness (QED) is 0.550. The van der Waals surface area contributed by atoms with Gasteiger partial charge in [0.05, 0.1) is 24.0 Å². The summed E-state index contributed by atoms with van der Waals surface area (Å²) in [7, 11) is 1.65. The SMILES string of the molecule is CCC(C)NC(=O)C1Cc2cc([N+](=O)[O-])ccc2N2CCN(c3ccc(OC)cc3)CC12. The maximum absolute atomic E-state index is 13.3. The van der Waals surface area contributed by atoms with E-state index in [1.54, 1.807) is 19.2 Å². The van der Waals surface area contributed by atoms with Gasteiger partial charge in [0.2, 0.25) is 5.91 Å². The Labute approximate surface area is 188 Å². The number of ether oxygens (including phenoxy) is 1. The van der Waals surface area contributed by atoms with Gasteiger partial charge in [-0.05, 0) is 55.7 Å². The minimum atomic E-state index is -0.373. The lowest BCUT2D eigenvalue weighted by Gasteiger charge is -2.49. The van der Waals surface area contributed by atoms with Crippen molar-refractivity contribution in [2.24, 2.45) is 5.92 Å². The highest BCUT2D eigenvalue weighted by molar-refractivity contribution is 5.83. The van der Waals surface area contributed by atoms with Gasteiger partial charge in [0.1, 0.15) is 5.75 Å². The number of methoxy groups -OCH3 is 1. The van der Waals surface area contributed by atoms with Crippen molar-refractivity contribution in [3.8, 4) is 5.75 Å².